The van der Waals surface area contributed by atoms with Crippen molar-refractivity contribution in [1.29, 1.82) is 0 Å². The van der Waals surface area contributed by atoms with Gasteiger partial charge >= 0.3 is 0 Å². The van der Waals surface area contributed by atoms with Crippen LogP contribution >= 0.6 is 0 Å². The number of nitrogens with one attached hydrogen (secondary N) is 1. The van der Waals surface area contributed by atoms with Crippen molar-refractivity contribution in [2.75, 3.05) is 31.1 Å². The van der Waals surface area contributed by atoms with E-state index in [1.165, 1.54) is 5.69 Å². The predicted octanol–water partition coefficient (Wildman–Crippen LogP) is 1.33. The summed E-state index contributed by atoms with van der Waals surface area (Å²) in [6.07, 6.45) is 0. The van der Waals surface area contributed by atoms with Crippen LogP contribution in [-0.2, 0) is 4.79 Å². The molecule has 0 aliphatic carbocycles. The lowest BCUT2D eigenvalue weighted by atomic mass is 10.1. The molecule has 0 unspecified atom stereocenters. The van der Waals surface area contributed by atoms with Crippen LogP contribution in [0, 0.1) is 19.8 Å². The van der Waals surface area contributed by atoms with Gasteiger partial charge in [0, 0.05) is 32.1 Å². The van der Waals surface area contributed by atoms with Gasteiger partial charge < -0.3 is 9.80 Å². The van der Waals surface area contributed by atoms with E-state index in [0.717, 1.165) is 37.6 Å². The minimum absolute atomic E-state index is 0.0916. The largest absolute Gasteiger partial charge is 0.365 e. The van der Waals surface area contributed by atoms with Gasteiger partial charge in [-0.1, -0.05) is 13.8 Å². The summed E-state index contributed by atoms with van der Waals surface area (Å²) in [6, 6.07) is 0. The highest BCUT2D eigenvalue weighted by Crippen LogP contribution is 2.23. The minimum atomic E-state index is 0.0916. The van der Waals surface area contributed by atoms with E-state index < -0.39 is 0 Å². The van der Waals surface area contributed by atoms with Gasteiger partial charge in [0.2, 0.25) is 5.91 Å². The molecule has 5 nitrogen and oxygen atoms in total. The van der Waals surface area contributed by atoms with E-state index in [1.54, 1.807) is 0 Å². The molecule has 18 heavy (non-hydrogen) atoms. The monoisotopic (exact) mass is 250 g/mol. The van der Waals surface area contributed by atoms with Crippen molar-refractivity contribution in [3.8, 4) is 0 Å². The third-order valence-corrected chi connectivity index (χ3v) is 3.49. The SMILES string of the molecule is Cc1n[nH]c(C)c1N1CCN(C(=O)C(C)C)CC1. The Bertz CT molecular complexity index is 411. The quantitative estimate of drug-likeness (QED) is 0.861. The maximum Gasteiger partial charge on any atom is 0.225 e. The van der Waals surface area contributed by atoms with Crippen molar-refractivity contribution in [3.05, 3.63) is 11.4 Å². The van der Waals surface area contributed by atoms with Gasteiger partial charge in [0.05, 0.1) is 17.1 Å². The van der Waals surface area contributed by atoms with Gasteiger partial charge in [-0.3, -0.25) is 9.89 Å². The molecule has 1 aliphatic heterocycles. The van der Waals surface area contributed by atoms with Gasteiger partial charge in [0.15, 0.2) is 0 Å². The summed E-state index contributed by atoms with van der Waals surface area (Å²) < 4.78 is 0. The Morgan fingerprint density at radius 1 is 1.22 bits per heavy atom. The summed E-state index contributed by atoms with van der Waals surface area (Å²) in [4.78, 5) is 16.2. The summed E-state index contributed by atoms with van der Waals surface area (Å²) >= 11 is 0. The molecule has 0 bridgehead atoms. The molecule has 1 fully saturated rings. The first kappa shape index (κ1) is 12.9. The standard InChI is InChI=1S/C13H22N4O/c1-9(2)13(18)17-7-5-16(6-8-17)12-10(3)14-15-11(12)4/h9H,5-8H2,1-4H3,(H,14,15). The lowest BCUT2D eigenvalue weighted by molar-refractivity contribution is -0.134. The van der Waals surface area contributed by atoms with Crippen LogP contribution in [0.15, 0.2) is 0 Å². The van der Waals surface area contributed by atoms with Crippen molar-refractivity contribution >= 4 is 11.6 Å². The maximum absolute atomic E-state index is 11.9. The second-order valence-electron chi connectivity index (χ2n) is 5.25. The Kier molecular flexibility index (Phi) is 3.59. The average molecular weight is 250 g/mol. The third-order valence-electron chi connectivity index (χ3n) is 3.49. The molecule has 100 valence electrons. The van der Waals surface area contributed by atoms with Gasteiger partial charge in [0.25, 0.3) is 0 Å². The lowest BCUT2D eigenvalue weighted by Gasteiger charge is -2.36. The number of H-pyrrole nitrogens is 1. The van der Waals surface area contributed by atoms with E-state index in [9.17, 15) is 4.79 Å². The number of amides is 1. The Morgan fingerprint density at radius 2 is 1.83 bits per heavy atom. The topological polar surface area (TPSA) is 52.2 Å². The number of piperazine rings is 1. The summed E-state index contributed by atoms with van der Waals surface area (Å²) in [6.45, 7) is 11.4. The van der Waals surface area contributed by atoms with Crippen LogP contribution in [0.2, 0.25) is 0 Å². The van der Waals surface area contributed by atoms with Crippen LogP contribution in [0.4, 0.5) is 5.69 Å². The van der Waals surface area contributed by atoms with Crippen molar-refractivity contribution < 1.29 is 4.79 Å². The predicted molar refractivity (Wildman–Crippen MR) is 71.7 cm³/mol. The van der Waals surface area contributed by atoms with Crippen molar-refractivity contribution in [3.63, 3.8) is 0 Å². The highest BCUT2D eigenvalue weighted by atomic mass is 16.2. The molecule has 1 amide bonds. The van der Waals surface area contributed by atoms with E-state index >= 15 is 0 Å². The summed E-state index contributed by atoms with van der Waals surface area (Å²) in [5.41, 5.74) is 3.35. The fourth-order valence-electron chi connectivity index (χ4n) is 2.53. The molecular weight excluding hydrogens is 228 g/mol. The molecule has 1 saturated heterocycles. The zero-order valence-corrected chi connectivity index (χ0v) is 11.7. The molecule has 0 radical (unpaired) electrons. The first-order valence-corrected chi connectivity index (χ1v) is 6.56. The zero-order chi connectivity index (χ0) is 13.3. The maximum atomic E-state index is 11.9. The van der Waals surface area contributed by atoms with Gasteiger partial charge in [-0.2, -0.15) is 5.10 Å². The molecule has 0 saturated carbocycles. The number of anilines is 1. The van der Waals surface area contributed by atoms with E-state index in [2.05, 4.69) is 15.1 Å². The van der Waals surface area contributed by atoms with E-state index in [1.807, 2.05) is 32.6 Å². The minimum Gasteiger partial charge on any atom is -0.365 e. The summed E-state index contributed by atoms with van der Waals surface area (Å²) in [5.74, 6) is 0.351. The summed E-state index contributed by atoms with van der Waals surface area (Å²) in [5, 5.41) is 7.24. The third kappa shape index (κ3) is 2.35. The van der Waals surface area contributed by atoms with Crippen LogP contribution in [0.25, 0.3) is 0 Å². The molecule has 1 aliphatic rings. The van der Waals surface area contributed by atoms with Gasteiger partial charge in [-0.25, -0.2) is 0 Å². The Labute approximate surface area is 108 Å². The van der Waals surface area contributed by atoms with Crippen LogP contribution in [0.5, 0.6) is 0 Å². The number of carbonyl (C=O) groups is 1. The average Bonchev–Trinajstić information content (AvgIpc) is 2.68. The van der Waals surface area contributed by atoms with E-state index in [4.69, 9.17) is 0 Å². The lowest BCUT2D eigenvalue weighted by Crippen LogP contribution is -2.50. The smallest absolute Gasteiger partial charge is 0.225 e. The van der Waals surface area contributed by atoms with Crippen LogP contribution in [0.3, 0.4) is 0 Å². The number of hydrogen-bond donors (Lipinski definition) is 1. The van der Waals surface area contributed by atoms with Gasteiger partial charge in [-0.15, -0.1) is 0 Å². The highest BCUT2D eigenvalue weighted by Gasteiger charge is 2.25. The van der Waals surface area contributed by atoms with Crippen molar-refractivity contribution in [2.24, 2.45) is 5.92 Å². The van der Waals surface area contributed by atoms with Crippen LogP contribution in [-0.4, -0.2) is 47.2 Å². The molecule has 0 aromatic carbocycles. The molecule has 1 N–H and O–H groups in total. The normalized spacial score (nSPS) is 16.5. The Morgan fingerprint density at radius 3 is 2.28 bits per heavy atom. The number of rotatable bonds is 2. The number of hydrogen-bond acceptors (Lipinski definition) is 3. The number of aryl methyl sites for hydroxylation is 2. The first-order chi connectivity index (χ1) is 8.50. The van der Waals surface area contributed by atoms with Crippen molar-refractivity contribution in [2.45, 2.75) is 27.7 Å². The number of carbonyl (C=O) groups excluding carboxylic acids is 1. The first-order valence-electron chi connectivity index (χ1n) is 6.56. The zero-order valence-electron chi connectivity index (χ0n) is 11.7. The Balaban J connectivity index is 2.01. The van der Waals surface area contributed by atoms with E-state index in [0.29, 0.717) is 0 Å². The van der Waals surface area contributed by atoms with Gasteiger partial charge in [0.1, 0.15) is 0 Å². The molecule has 2 rings (SSSR count). The Hall–Kier alpha value is -1.52. The molecule has 0 atom stereocenters. The second-order valence-corrected chi connectivity index (χ2v) is 5.25. The molecule has 5 heteroatoms. The molecular formula is C13H22N4O. The molecule has 1 aromatic heterocycles. The molecule has 1 aromatic rings. The van der Waals surface area contributed by atoms with Crippen LogP contribution in [0.1, 0.15) is 25.2 Å². The van der Waals surface area contributed by atoms with Gasteiger partial charge in [-0.05, 0) is 13.8 Å². The van der Waals surface area contributed by atoms with Crippen molar-refractivity contribution in [1.82, 2.24) is 15.1 Å². The van der Waals surface area contributed by atoms with E-state index in [-0.39, 0.29) is 11.8 Å². The fourth-order valence-corrected chi connectivity index (χ4v) is 2.53. The number of aromatic amines is 1. The fraction of sp³-hybridized carbons (Fsp3) is 0.692. The number of nitrogens with zero attached hydrogens (tertiary/aromatic N) is 3. The highest BCUT2D eigenvalue weighted by molar-refractivity contribution is 5.78. The van der Waals surface area contributed by atoms with Crippen LogP contribution < -0.4 is 4.90 Å². The molecule has 0 spiro atoms. The molecule has 2 heterocycles. The summed E-state index contributed by atoms with van der Waals surface area (Å²) in [7, 11) is 0. The number of aromatic nitrogens is 2. The second kappa shape index (κ2) is 5.00.